The number of amides is 1. The Hall–Kier alpha value is -4.01. The minimum Gasteiger partial charge on any atom is -0.461 e. The molecule has 2 fully saturated rings. The fourth-order valence-electron chi connectivity index (χ4n) is 5.01. The lowest BCUT2D eigenvalue weighted by molar-refractivity contribution is -0.144. The summed E-state index contributed by atoms with van der Waals surface area (Å²) in [6.45, 7) is 21.1. The minimum absolute atomic E-state index is 0.00743. The van der Waals surface area contributed by atoms with E-state index in [0.717, 1.165) is 74.2 Å². The van der Waals surface area contributed by atoms with Crippen molar-refractivity contribution >= 4 is 24.0 Å². The first-order valence-electron chi connectivity index (χ1n) is 16.9. The molecule has 0 bridgehead atoms. The van der Waals surface area contributed by atoms with Crippen LogP contribution in [0.1, 0.15) is 66.0 Å². The molecule has 0 radical (unpaired) electrons. The van der Waals surface area contributed by atoms with E-state index in [2.05, 4.69) is 45.2 Å². The molecule has 0 spiro atoms. The van der Waals surface area contributed by atoms with Gasteiger partial charge in [-0.3, -0.25) is 19.4 Å². The standard InChI is InChI=1S/C22H28ClN3O3.C9H12N2O.C3H4F3NO.C2H6/c1-15-12-18(28-20(15)27)14-25-8-10-26(11-9-25)22(2,3)21-24-13-19(29-21)16-4-6-17(23)7-5-16;1-4-7(2)12-9-5-10-6-11-8(9)3;4-3(5,6)1-7-2-8;1-2/h4-7,13,15,18H,8-12,14H2,1-3H3;5-6H,2,4H2,1,3H3;2H,1H2,(H,7,8);1-2H3/t15?,18-;;;/m0.../s1. The molecule has 4 heterocycles. The molecule has 5 rings (SSSR count). The Morgan fingerprint density at radius 3 is 2.27 bits per heavy atom. The van der Waals surface area contributed by atoms with E-state index in [-0.39, 0.29) is 29.9 Å². The molecule has 0 saturated carbocycles. The molecule has 282 valence electrons. The number of carbonyl (C=O) groups excluding carboxylic acids is 2. The number of hydrogen-bond acceptors (Lipinski definition) is 10. The lowest BCUT2D eigenvalue weighted by Gasteiger charge is -2.42. The second-order valence-electron chi connectivity index (χ2n) is 12.2. The van der Waals surface area contributed by atoms with Crippen LogP contribution >= 0.6 is 11.6 Å². The van der Waals surface area contributed by atoms with Gasteiger partial charge in [-0.25, -0.2) is 15.0 Å². The van der Waals surface area contributed by atoms with Crippen molar-refractivity contribution in [2.75, 3.05) is 39.3 Å². The van der Waals surface area contributed by atoms with Crippen molar-refractivity contribution in [1.29, 1.82) is 0 Å². The van der Waals surface area contributed by atoms with Crippen molar-refractivity contribution in [3.63, 3.8) is 0 Å². The molecule has 0 aliphatic carbocycles. The summed E-state index contributed by atoms with van der Waals surface area (Å²) in [7, 11) is 0. The van der Waals surface area contributed by atoms with E-state index in [9.17, 15) is 22.8 Å². The van der Waals surface area contributed by atoms with E-state index < -0.39 is 12.7 Å². The van der Waals surface area contributed by atoms with Gasteiger partial charge < -0.3 is 19.2 Å². The molecule has 2 saturated heterocycles. The van der Waals surface area contributed by atoms with Crippen LogP contribution in [0.25, 0.3) is 11.3 Å². The summed E-state index contributed by atoms with van der Waals surface area (Å²) in [5.41, 5.74) is 1.50. The van der Waals surface area contributed by atoms with Crippen LogP contribution in [0.2, 0.25) is 5.02 Å². The average Bonchev–Trinajstić information content (AvgIpc) is 3.73. The Balaban J connectivity index is 0.000000337. The molecule has 2 atom stereocenters. The summed E-state index contributed by atoms with van der Waals surface area (Å²) in [5, 5.41) is 2.18. The van der Waals surface area contributed by atoms with Gasteiger partial charge in [0.1, 0.15) is 19.0 Å². The topological polar surface area (TPSA) is 123 Å². The fraction of sp³-hybridized carbons (Fsp3) is 0.528. The normalized spacial score (nSPS) is 17.7. The van der Waals surface area contributed by atoms with Gasteiger partial charge in [0.25, 0.3) is 0 Å². The zero-order chi connectivity index (χ0) is 38.2. The number of piperazine rings is 1. The molecule has 1 aromatic carbocycles. The summed E-state index contributed by atoms with van der Waals surface area (Å²) in [6.07, 6.45) is 2.30. The van der Waals surface area contributed by atoms with Crippen molar-refractivity contribution in [3.05, 3.63) is 71.9 Å². The Kier molecular flexibility index (Phi) is 17.6. The second kappa shape index (κ2) is 20.7. The molecule has 1 N–H and O–H groups in total. The van der Waals surface area contributed by atoms with Crippen LogP contribution in [0, 0.1) is 12.8 Å². The van der Waals surface area contributed by atoms with Gasteiger partial charge in [0.2, 0.25) is 12.3 Å². The number of halogens is 4. The van der Waals surface area contributed by atoms with E-state index in [1.54, 1.807) is 12.4 Å². The molecule has 1 unspecified atom stereocenters. The first kappa shape index (κ1) is 43.2. The van der Waals surface area contributed by atoms with E-state index in [1.807, 2.05) is 58.9 Å². The van der Waals surface area contributed by atoms with Crippen LogP contribution in [-0.2, 0) is 19.9 Å². The fourth-order valence-corrected chi connectivity index (χ4v) is 5.14. The third-order valence-corrected chi connectivity index (χ3v) is 8.24. The molecular weight excluding hydrogens is 689 g/mol. The van der Waals surface area contributed by atoms with Crippen molar-refractivity contribution in [3.8, 4) is 17.1 Å². The number of alkyl halides is 3. The first-order valence-corrected chi connectivity index (χ1v) is 17.3. The Morgan fingerprint density at radius 1 is 1.12 bits per heavy atom. The average molecular weight is 739 g/mol. The SMILES string of the molecule is C=C(CC)Oc1cncnc1C.CC.CC1C[C@@H](CN2CCN(C(C)(C)c3ncc(-c4ccc(Cl)cc4)o3)CC2)OC1=O.O=CNCC(F)(F)F. The third kappa shape index (κ3) is 14.3. The number of esters is 1. The number of aryl methyl sites for hydroxylation is 1. The van der Waals surface area contributed by atoms with Crippen LogP contribution in [0.5, 0.6) is 5.75 Å². The van der Waals surface area contributed by atoms with E-state index in [4.69, 9.17) is 25.5 Å². The summed E-state index contributed by atoms with van der Waals surface area (Å²) >= 11 is 5.98. The Labute approximate surface area is 303 Å². The largest absolute Gasteiger partial charge is 0.461 e. The van der Waals surface area contributed by atoms with Gasteiger partial charge in [-0.15, -0.1) is 0 Å². The highest BCUT2D eigenvalue weighted by atomic mass is 35.5. The van der Waals surface area contributed by atoms with Crippen LogP contribution in [0.15, 0.2) is 59.7 Å². The van der Waals surface area contributed by atoms with Gasteiger partial charge in [0, 0.05) is 49.7 Å². The zero-order valence-electron chi connectivity index (χ0n) is 30.4. The van der Waals surface area contributed by atoms with Gasteiger partial charge in [0.15, 0.2) is 11.5 Å². The molecule has 11 nitrogen and oxygen atoms in total. The van der Waals surface area contributed by atoms with E-state index in [0.29, 0.717) is 10.8 Å². The first-order chi connectivity index (χ1) is 24.1. The smallest absolute Gasteiger partial charge is 0.405 e. The molecule has 51 heavy (non-hydrogen) atoms. The number of nitrogens with one attached hydrogen (secondary N) is 1. The number of aromatic nitrogens is 3. The number of carbonyl (C=O) groups is 2. The van der Waals surface area contributed by atoms with Gasteiger partial charge in [-0.2, -0.15) is 13.2 Å². The molecular formula is C36H50ClF3N6O5. The lowest BCUT2D eigenvalue weighted by atomic mass is 10.0. The summed E-state index contributed by atoms with van der Waals surface area (Å²) in [4.78, 5) is 38.1. The summed E-state index contributed by atoms with van der Waals surface area (Å²) in [5.74, 6) is 2.85. The quantitative estimate of drug-likeness (QED) is 0.130. The Bertz CT molecular complexity index is 1510. The highest BCUT2D eigenvalue weighted by molar-refractivity contribution is 6.30. The molecule has 2 aliphatic rings. The summed E-state index contributed by atoms with van der Waals surface area (Å²) < 4.78 is 50.0. The number of benzene rings is 1. The van der Waals surface area contributed by atoms with Crippen LogP contribution in [-0.4, -0.2) is 88.7 Å². The highest BCUT2D eigenvalue weighted by Crippen LogP contribution is 2.32. The van der Waals surface area contributed by atoms with Crippen LogP contribution in [0.3, 0.4) is 0 Å². The van der Waals surface area contributed by atoms with Gasteiger partial charge in [0.05, 0.1) is 35.3 Å². The summed E-state index contributed by atoms with van der Waals surface area (Å²) in [6, 6.07) is 7.59. The van der Waals surface area contributed by atoms with E-state index >= 15 is 0 Å². The van der Waals surface area contributed by atoms with Crippen LogP contribution < -0.4 is 10.1 Å². The molecule has 3 aromatic rings. The van der Waals surface area contributed by atoms with E-state index in [1.165, 1.54) is 11.6 Å². The maximum Gasteiger partial charge on any atom is 0.405 e. The maximum absolute atomic E-state index is 11.6. The van der Waals surface area contributed by atoms with Gasteiger partial charge in [-0.05, 0) is 51.5 Å². The van der Waals surface area contributed by atoms with Crippen molar-refractivity contribution in [2.24, 2.45) is 5.92 Å². The number of allylic oxidation sites excluding steroid dienone is 1. The molecule has 2 aromatic heterocycles. The molecule has 15 heteroatoms. The monoisotopic (exact) mass is 738 g/mol. The van der Waals surface area contributed by atoms with Crippen molar-refractivity contribution < 1.29 is 36.7 Å². The Morgan fingerprint density at radius 2 is 1.76 bits per heavy atom. The number of oxazole rings is 1. The predicted octanol–water partition coefficient (Wildman–Crippen LogP) is 7.21. The number of nitrogens with zero attached hydrogens (tertiary/aromatic N) is 5. The zero-order valence-corrected chi connectivity index (χ0v) is 31.2. The van der Waals surface area contributed by atoms with Gasteiger partial charge >= 0.3 is 12.1 Å². The van der Waals surface area contributed by atoms with Gasteiger partial charge in [-0.1, -0.05) is 45.9 Å². The minimum atomic E-state index is -4.29. The molecule has 2 aliphatic heterocycles. The highest BCUT2D eigenvalue weighted by Gasteiger charge is 2.37. The van der Waals surface area contributed by atoms with Crippen LogP contribution in [0.4, 0.5) is 13.2 Å². The number of hydrogen-bond donors (Lipinski definition) is 1. The van der Waals surface area contributed by atoms with Crippen molar-refractivity contribution in [2.45, 2.75) is 79.1 Å². The maximum atomic E-state index is 11.6. The molecule has 1 amide bonds. The number of rotatable bonds is 10. The third-order valence-electron chi connectivity index (χ3n) is 7.99. The predicted molar refractivity (Wildman–Crippen MR) is 190 cm³/mol. The lowest BCUT2D eigenvalue weighted by Crippen LogP contribution is -2.54. The number of ether oxygens (including phenoxy) is 2. The number of cyclic esters (lactones) is 1. The second-order valence-corrected chi connectivity index (χ2v) is 12.6. The van der Waals surface area contributed by atoms with Crippen molar-refractivity contribution in [1.82, 2.24) is 30.1 Å².